The first kappa shape index (κ1) is 32.6. The Morgan fingerprint density at radius 3 is 2.36 bits per heavy atom. The Morgan fingerprint density at radius 1 is 1.02 bits per heavy atom. The Morgan fingerprint density at radius 2 is 1.70 bits per heavy atom. The number of likely N-dealkylation sites (tertiary alicyclic amines) is 1. The van der Waals surface area contributed by atoms with Crippen molar-refractivity contribution in [2.75, 3.05) is 30.3 Å². The first-order chi connectivity index (χ1) is 22.4. The maximum absolute atomic E-state index is 13.3. The molecule has 246 valence electrons. The van der Waals surface area contributed by atoms with E-state index in [9.17, 15) is 29.3 Å². The summed E-state index contributed by atoms with van der Waals surface area (Å²) in [6.07, 6.45) is 2.24. The summed E-state index contributed by atoms with van der Waals surface area (Å²) in [7, 11) is 0. The van der Waals surface area contributed by atoms with Crippen LogP contribution in [0.5, 0.6) is 0 Å². The summed E-state index contributed by atoms with van der Waals surface area (Å²) < 4.78 is 3.53. The number of piperidine rings is 1. The van der Waals surface area contributed by atoms with Gasteiger partial charge < -0.3 is 26.3 Å². The number of nitrogens with zero attached hydrogens (tertiary/aromatic N) is 6. The highest BCUT2D eigenvalue weighted by Gasteiger charge is 2.25. The molecule has 1 aliphatic rings. The fraction of sp³-hybridized carbons (Fsp3) is 0.355. The topological polar surface area (TPSA) is 226 Å². The molecule has 4 aromatic rings. The van der Waals surface area contributed by atoms with Crippen molar-refractivity contribution in [3.05, 3.63) is 75.1 Å². The third-order valence-corrected chi connectivity index (χ3v) is 8.33. The number of fused-ring (bicyclic) bond motifs is 1. The lowest BCUT2D eigenvalue weighted by Crippen LogP contribution is -2.41. The molecule has 16 heteroatoms. The largest absolute Gasteiger partial charge is 0.371 e. The molecule has 47 heavy (non-hydrogen) atoms. The number of nitrogens with two attached hydrogens (primary N) is 2. The number of hydrogen-bond donors (Lipinski definition) is 4. The Bertz CT molecular complexity index is 1870. The molecule has 0 bridgehead atoms. The van der Waals surface area contributed by atoms with Crippen molar-refractivity contribution in [3.8, 4) is 0 Å². The van der Waals surface area contributed by atoms with E-state index >= 15 is 0 Å². The molecule has 0 atom stereocenters. The van der Waals surface area contributed by atoms with Gasteiger partial charge in [-0.05, 0) is 75.4 Å². The molecule has 1 saturated heterocycles. The standard InChI is InChI=1S/C31H36N10O6/c1-3-40-26(14-18(2)37-40)30(45)36-31-35-23-15-20(28(32)43)5-7-24(23)39(31)13-10-19-8-11-38(12-9-19)27(42)17-34-22-6-4-21(29(33)44)16-25(22)41(46)47/h4-7,14-16,19,34H,3,8-13,17H2,1-2H3,(H2,32,43)(H2,33,44)(H,35,36,45). The Labute approximate surface area is 269 Å². The van der Waals surface area contributed by atoms with Gasteiger partial charge in [0.05, 0.1) is 28.2 Å². The van der Waals surface area contributed by atoms with Crippen LogP contribution in [0.25, 0.3) is 11.0 Å². The van der Waals surface area contributed by atoms with Gasteiger partial charge in [0.2, 0.25) is 23.7 Å². The summed E-state index contributed by atoms with van der Waals surface area (Å²) in [4.78, 5) is 66.6. The van der Waals surface area contributed by atoms with Crippen molar-refractivity contribution >= 4 is 52.0 Å². The maximum Gasteiger partial charge on any atom is 0.293 e. The number of rotatable bonds is 12. The van der Waals surface area contributed by atoms with E-state index in [0.717, 1.165) is 36.5 Å². The second-order valence-electron chi connectivity index (χ2n) is 11.4. The van der Waals surface area contributed by atoms with Gasteiger partial charge in [0.15, 0.2) is 0 Å². The zero-order valence-electron chi connectivity index (χ0n) is 26.1. The SMILES string of the molecule is CCn1nc(C)cc1C(=O)Nc1nc2cc(C(N)=O)ccc2n1CCC1CCN(C(=O)CNc2ccc(C(N)=O)cc2[N+](=O)[O-])CC1. The molecule has 1 aliphatic heterocycles. The average Bonchev–Trinajstić information content (AvgIpc) is 3.61. The van der Waals surface area contributed by atoms with Crippen LogP contribution in [0.3, 0.4) is 0 Å². The number of nitro groups is 1. The Balaban J connectivity index is 1.23. The zero-order chi connectivity index (χ0) is 33.8. The molecule has 6 N–H and O–H groups in total. The molecule has 2 aromatic heterocycles. The van der Waals surface area contributed by atoms with Crippen LogP contribution < -0.4 is 22.1 Å². The van der Waals surface area contributed by atoms with Gasteiger partial charge in [0.1, 0.15) is 11.4 Å². The lowest BCUT2D eigenvalue weighted by Gasteiger charge is -2.32. The number of benzene rings is 2. The summed E-state index contributed by atoms with van der Waals surface area (Å²) in [6.45, 7) is 5.66. The molecule has 0 unspecified atom stereocenters. The van der Waals surface area contributed by atoms with Gasteiger partial charge in [-0.3, -0.25) is 39.3 Å². The van der Waals surface area contributed by atoms with Crippen molar-refractivity contribution in [2.45, 2.75) is 46.2 Å². The van der Waals surface area contributed by atoms with E-state index in [1.807, 2.05) is 18.4 Å². The first-order valence-corrected chi connectivity index (χ1v) is 15.2. The summed E-state index contributed by atoms with van der Waals surface area (Å²) in [5, 5.41) is 21.6. The second-order valence-corrected chi connectivity index (χ2v) is 11.4. The summed E-state index contributed by atoms with van der Waals surface area (Å²) in [5.74, 6) is -1.30. The highest BCUT2D eigenvalue weighted by Crippen LogP contribution is 2.28. The zero-order valence-corrected chi connectivity index (χ0v) is 26.1. The fourth-order valence-corrected chi connectivity index (χ4v) is 5.79. The van der Waals surface area contributed by atoms with Gasteiger partial charge in [-0.15, -0.1) is 0 Å². The third-order valence-electron chi connectivity index (χ3n) is 8.33. The molecule has 4 amide bonds. The fourth-order valence-electron chi connectivity index (χ4n) is 5.79. The maximum atomic E-state index is 13.3. The first-order valence-electron chi connectivity index (χ1n) is 15.2. The molecule has 3 heterocycles. The number of primary amides is 2. The lowest BCUT2D eigenvalue weighted by atomic mass is 9.93. The minimum Gasteiger partial charge on any atom is -0.371 e. The van der Waals surface area contributed by atoms with E-state index in [1.165, 1.54) is 12.1 Å². The molecule has 16 nitrogen and oxygen atoms in total. The van der Waals surface area contributed by atoms with Crippen LogP contribution in [0.4, 0.5) is 17.3 Å². The number of anilines is 2. The molecule has 2 aromatic carbocycles. The number of aryl methyl sites for hydroxylation is 3. The van der Waals surface area contributed by atoms with Crippen molar-refractivity contribution in [2.24, 2.45) is 17.4 Å². The number of nitrogens with one attached hydrogen (secondary N) is 2. The summed E-state index contributed by atoms with van der Waals surface area (Å²) >= 11 is 0. The number of carbonyl (C=O) groups excluding carboxylic acids is 4. The number of amides is 4. The number of imidazole rings is 1. The van der Waals surface area contributed by atoms with Gasteiger partial charge in [-0.1, -0.05) is 0 Å². The van der Waals surface area contributed by atoms with E-state index in [2.05, 4.69) is 20.7 Å². The van der Waals surface area contributed by atoms with Crippen LogP contribution in [0, 0.1) is 23.0 Å². The van der Waals surface area contributed by atoms with E-state index in [1.54, 1.807) is 33.8 Å². The number of carbonyl (C=O) groups is 4. The molecule has 0 saturated carbocycles. The van der Waals surface area contributed by atoms with Crippen molar-refractivity contribution in [1.82, 2.24) is 24.2 Å². The smallest absolute Gasteiger partial charge is 0.293 e. The average molecular weight is 645 g/mol. The summed E-state index contributed by atoms with van der Waals surface area (Å²) in [5.41, 5.74) is 13.2. The van der Waals surface area contributed by atoms with E-state index in [0.29, 0.717) is 48.9 Å². The van der Waals surface area contributed by atoms with Crippen LogP contribution in [0.15, 0.2) is 42.5 Å². The van der Waals surface area contributed by atoms with E-state index in [-0.39, 0.29) is 41.2 Å². The predicted molar refractivity (Wildman–Crippen MR) is 173 cm³/mol. The number of aromatic nitrogens is 4. The van der Waals surface area contributed by atoms with Gasteiger partial charge in [0.25, 0.3) is 11.6 Å². The minimum atomic E-state index is -0.784. The quantitative estimate of drug-likeness (QED) is 0.131. The molecular formula is C31H36N10O6. The molecule has 0 radical (unpaired) electrons. The Kier molecular flexibility index (Phi) is 9.48. The van der Waals surface area contributed by atoms with E-state index < -0.39 is 16.7 Å². The minimum absolute atomic E-state index is 0.00304. The van der Waals surface area contributed by atoms with Crippen LogP contribution in [-0.2, 0) is 17.9 Å². The van der Waals surface area contributed by atoms with Gasteiger partial charge in [0, 0.05) is 43.4 Å². The van der Waals surface area contributed by atoms with Crippen LogP contribution in [0.1, 0.15) is 63.1 Å². The number of hydrogen-bond acceptors (Lipinski definition) is 9. The van der Waals surface area contributed by atoms with Crippen LogP contribution in [0.2, 0.25) is 0 Å². The van der Waals surface area contributed by atoms with Crippen LogP contribution in [-0.4, -0.2) is 72.4 Å². The molecule has 0 aliphatic carbocycles. The van der Waals surface area contributed by atoms with Gasteiger partial charge in [-0.2, -0.15) is 5.10 Å². The van der Waals surface area contributed by atoms with Gasteiger partial charge in [-0.25, -0.2) is 4.98 Å². The normalized spacial score (nSPS) is 13.4. The lowest BCUT2D eigenvalue weighted by molar-refractivity contribution is -0.384. The van der Waals surface area contributed by atoms with Gasteiger partial charge >= 0.3 is 0 Å². The molecule has 5 rings (SSSR count). The predicted octanol–water partition coefficient (Wildman–Crippen LogP) is 2.66. The highest BCUT2D eigenvalue weighted by atomic mass is 16.6. The number of nitro benzene ring substituents is 1. The monoisotopic (exact) mass is 644 g/mol. The van der Waals surface area contributed by atoms with Crippen molar-refractivity contribution in [3.63, 3.8) is 0 Å². The molecular weight excluding hydrogens is 608 g/mol. The molecule has 0 spiro atoms. The second kappa shape index (κ2) is 13.7. The van der Waals surface area contributed by atoms with E-state index in [4.69, 9.17) is 11.5 Å². The van der Waals surface area contributed by atoms with Crippen LogP contribution >= 0.6 is 0 Å². The van der Waals surface area contributed by atoms with Crippen molar-refractivity contribution in [1.29, 1.82) is 0 Å². The highest BCUT2D eigenvalue weighted by molar-refractivity contribution is 6.03. The van der Waals surface area contributed by atoms with Crippen molar-refractivity contribution < 1.29 is 24.1 Å². The third kappa shape index (κ3) is 7.21. The Hall–Kier alpha value is -5.80. The summed E-state index contributed by atoms with van der Waals surface area (Å²) in [6, 6.07) is 10.5. The molecule has 1 fully saturated rings.